The fourth-order valence-corrected chi connectivity index (χ4v) is 1.69. The number of hydrogen-bond donors (Lipinski definition) is 2. The van der Waals surface area contributed by atoms with Gasteiger partial charge in [-0.15, -0.1) is 0 Å². The van der Waals surface area contributed by atoms with Gasteiger partial charge in [0.2, 0.25) is 0 Å². The van der Waals surface area contributed by atoms with Gasteiger partial charge in [0.05, 0.1) is 16.6 Å². The minimum Gasteiger partial charge on any atom is -0.398 e. The number of halogens is 2. The molecule has 0 spiro atoms. The number of carbonyl (C=O) groups is 1. The van der Waals surface area contributed by atoms with Crippen molar-refractivity contribution in [2.24, 2.45) is 0 Å². The first kappa shape index (κ1) is 14.4. The molecule has 0 unspecified atom stereocenters. The second kappa shape index (κ2) is 5.53. The van der Waals surface area contributed by atoms with Crippen LogP contribution in [0.1, 0.15) is 10.4 Å². The average molecular weight is 293 g/mol. The smallest absolute Gasteiger partial charge is 0.295 e. The third-order valence-electron chi connectivity index (χ3n) is 2.66. The van der Waals surface area contributed by atoms with Gasteiger partial charge >= 0.3 is 0 Å². The van der Waals surface area contributed by atoms with Crippen LogP contribution in [0.5, 0.6) is 0 Å². The summed E-state index contributed by atoms with van der Waals surface area (Å²) in [4.78, 5) is 22.0. The van der Waals surface area contributed by atoms with Gasteiger partial charge in [0.25, 0.3) is 11.6 Å². The van der Waals surface area contributed by atoms with Crippen molar-refractivity contribution in [1.29, 1.82) is 0 Å². The standard InChI is InChI=1S/C13H9F2N3O3/c14-7-1-3-9(10(16)5-7)13(19)17-11-4-2-8(15)6-12(11)18(20)21/h1-6H,16H2,(H,17,19). The summed E-state index contributed by atoms with van der Waals surface area (Å²) < 4.78 is 25.9. The first-order valence-corrected chi connectivity index (χ1v) is 5.69. The molecule has 8 heteroatoms. The normalized spacial score (nSPS) is 10.2. The Bertz CT molecular complexity index is 735. The molecular weight excluding hydrogens is 284 g/mol. The van der Waals surface area contributed by atoms with Crippen LogP contribution in [0.2, 0.25) is 0 Å². The number of anilines is 2. The number of nitro benzene ring substituents is 1. The van der Waals surface area contributed by atoms with E-state index in [0.29, 0.717) is 6.07 Å². The highest BCUT2D eigenvalue weighted by Gasteiger charge is 2.18. The number of hydrogen-bond acceptors (Lipinski definition) is 4. The number of rotatable bonds is 3. The molecule has 0 aliphatic carbocycles. The Morgan fingerprint density at radius 1 is 1.14 bits per heavy atom. The Hall–Kier alpha value is -3.03. The van der Waals surface area contributed by atoms with Crippen LogP contribution in [0.4, 0.5) is 25.8 Å². The second-order valence-electron chi connectivity index (χ2n) is 4.10. The largest absolute Gasteiger partial charge is 0.398 e. The van der Waals surface area contributed by atoms with Crippen LogP contribution in [-0.2, 0) is 0 Å². The van der Waals surface area contributed by atoms with Crippen LogP contribution in [0.15, 0.2) is 36.4 Å². The zero-order valence-corrected chi connectivity index (χ0v) is 10.5. The van der Waals surface area contributed by atoms with Crippen molar-refractivity contribution >= 4 is 23.0 Å². The van der Waals surface area contributed by atoms with Gasteiger partial charge in [-0.05, 0) is 30.3 Å². The van der Waals surface area contributed by atoms with Crippen molar-refractivity contribution in [3.63, 3.8) is 0 Å². The van der Waals surface area contributed by atoms with Crippen LogP contribution < -0.4 is 11.1 Å². The molecule has 0 aliphatic rings. The molecule has 0 aromatic heterocycles. The topological polar surface area (TPSA) is 98.3 Å². The SMILES string of the molecule is Nc1cc(F)ccc1C(=O)Nc1ccc(F)cc1[N+](=O)[O-]. The van der Waals surface area contributed by atoms with E-state index >= 15 is 0 Å². The zero-order valence-electron chi connectivity index (χ0n) is 10.5. The van der Waals surface area contributed by atoms with Gasteiger partial charge in [0, 0.05) is 5.69 Å². The molecule has 0 saturated heterocycles. The molecule has 21 heavy (non-hydrogen) atoms. The van der Waals surface area contributed by atoms with Crippen molar-refractivity contribution in [2.75, 3.05) is 11.1 Å². The molecule has 2 aromatic rings. The highest BCUT2D eigenvalue weighted by molar-refractivity contribution is 6.08. The van der Waals surface area contributed by atoms with Crippen LogP contribution in [0, 0.1) is 21.7 Å². The summed E-state index contributed by atoms with van der Waals surface area (Å²) in [5.74, 6) is -2.18. The van der Waals surface area contributed by atoms with E-state index in [1.165, 1.54) is 0 Å². The van der Waals surface area contributed by atoms with Crippen molar-refractivity contribution in [3.8, 4) is 0 Å². The minimum atomic E-state index is -0.827. The Morgan fingerprint density at radius 3 is 2.38 bits per heavy atom. The van der Waals surface area contributed by atoms with E-state index in [-0.39, 0.29) is 16.9 Å². The average Bonchev–Trinajstić information content (AvgIpc) is 2.40. The van der Waals surface area contributed by atoms with E-state index < -0.39 is 28.2 Å². The first-order chi connectivity index (χ1) is 9.88. The Morgan fingerprint density at radius 2 is 1.76 bits per heavy atom. The van der Waals surface area contributed by atoms with E-state index in [9.17, 15) is 23.7 Å². The number of nitrogen functional groups attached to an aromatic ring is 1. The molecule has 6 nitrogen and oxygen atoms in total. The Balaban J connectivity index is 2.34. The maximum absolute atomic E-state index is 13.0. The maximum atomic E-state index is 13.0. The maximum Gasteiger partial charge on any atom is 0.295 e. The molecular formula is C13H9F2N3O3. The third-order valence-corrected chi connectivity index (χ3v) is 2.66. The van der Waals surface area contributed by atoms with Gasteiger partial charge in [-0.3, -0.25) is 14.9 Å². The molecule has 1 amide bonds. The van der Waals surface area contributed by atoms with Gasteiger partial charge < -0.3 is 11.1 Å². The Kier molecular flexibility index (Phi) is 3.79. The quantitative estimate of drug-likeness (QED) is 0.516. The number of nitro groups is 1. The summed E-state index contributed by atoms with van der Waals surface area (Å²) in [5, 5.41) is 13.1. The van der Waals surface area contributed by atoms with Crippen LogP contribution >= 0.6 is 0 Å². The molecule has 2 aromatic carbocycles. The highest BCUT2D eigenvalue weighted by Crippen LogP contribution is 2.26. The summed E-state index contributed by atoms with van der Waals surface area (Å²) in [6, 6.07) is 5.85. The fraction of sp³-hybridized carbons (Fsp3) is 0. The van der Waals surface area contributed by atoms with Crippen molar-refractivity contribution < 1.29 is 18.5 Å². The minimum absolute atomic E-state index is 0.0463. The van der Waals surface area contributed by atoms with E-state index in [4.69, 9.17) is 5.73 Å². The van der Waals surface area contributed by atoms with Gasteiger partial charge in [-0.2, -0.15) is 0 Å². The van der Waals surface area contributed by atoms with Crippen molar-refractivity contribution in [2.45, 2.75) is 0 Å². The lowest BCUT2D eigenvalue weighted by atomic mass is 10.1. The van der Waals surface area contributed by atoms with Gasteiger partial charge in [-0.25, -0.2) is 8.78 Å². The molecule has 0 radical (unpaired) electrons. The molecule has 0 saturated carbocycles. The third kappa shape index (κ3) is 3.11. The predicted octanol–water partition coefficient (Wildman–Crippen LogP) is 2.71. The zero-order chi connectivity index (χ0) is 15.6. The van der Waals surface area contributed by atoms with Gasteiger partial charge in [0.1, 0.15) is 17.3 Å². The lowest BCUT2D eigenvalue weighted by molar-refractivity contribution is -0.384. The van der Waals surface area contributed by atoms with E-state index in [1.807, 2.05) is 0 Å². The molecule has 0 fully saturated rings. The molecule has 0 aliphatic heterocycles. The lowest BCUT2D eigenvalue weighted by Crippen LogP contribution is -2.15. The van der Waals surface area contributed by atoms with Crippen LogP contribution in [-0.4, -0.2) is 10.8 Å². The van der Waals surface area contributed by atoms with Crippen molar-refractivity contribution in [1.82, 2.24) is 0 Å². The van der Waals surface area contributed by atoms with Crippen molar-refractivity contribution in [3.05, 3.63) is 63.7 Å². The molecule has 3 N–H and O–H groups in total. The number of nitrogens with two attached hydrogens (primary N) is 1. The molecule has 0 heterocycles. The lowest BCUT2D eigenvalue weighted by Gasteiger charge is -2.08. The fourth-order valence-electron chi connectivity index (χ4n) is 1.69. The number of benzene rings is 2. The van der Waals surface area contributed by atoms with Gasteiger partial charge in [-0.1, -0.05) is 0 Å². The number of nitrogens with one attached hydrogen (secondary N) is 1. The number of nitrogens with zero attached hydrogens (tertiary/aromatic N) is 1. The summed E-state index contributed by atoms with van der Waals surface area (Å²) in [6.07, 6.45) is 0. The molecule has 0 atom stereocenters. The van der Waals surface area contributed by atoms with Gasteiger partial charge in [0.15, 0.2) is 0 Å². The Labute approximate surface area is 117 Å². The number of carbonyl (C=O) groups excluding carboxylic acids is 1. The van der Waals surface area contributed by atoms with Crippen LogP contribution in [0.3, 0.4) is 0 Å². The summed E-state index contributed by atoms with van der Waals surface area (Å²) >= 11 is 0. The predicted molar refractivity (Wildman–Crippen MR) is 71.8 cm³/mol. The molecule has 108 valence electrons. The van der Waals surface area contributed by atoms with E-state index in [0.717, 1.165) is 30.3 Å². The summed E-state index contributed by atoms with van der Waals surface area (Å²) in [7, 11) is 0. The molecule has 0 bridgehead atoms. The monoisotopic (exact) mass is 293 g/mol. The summed E-state index contributed by atoms with van der Waals surface area (Å²) in [5.41, 5.74) is 4.56. The molecule has 2 rings (SSSR count). The number of amides is 1. The highest BCUT2D eigenvalue weighted by atomic mass is 19.1. The first-order valence-electron chi connectivity index (χ1n) is 5.69. The summed E-state index contributed by atoms with van der Waals surface area (Å²) in [6.45, 7) is 0. The van der Waals surface area contributed by atoms with E-state index in [1.54, 1.807) is 0 Å². The van der Waals surface area contributed by atoms with E-state index in [2.05, 4.69) is 5.32 Å². The second-order valence-corrected chi connectivity index (χ2v) is 4.10. The van der Waals surface area contributed by atoms with Crippen LogP contribution in [0.25, 0.3) is 0 Å².